The standard InChI is InChI=1S/C19H25N3S/c1-14-9-8-12-17(20-14)22-18(23)21-15(2)13-19(3,4)16-10-6-5-7-11-16/h5-12,15H,13H2,1-4H3,(H2,20,21,22,23)/t15-/m0/s1. The normalized spacial score (nSPS) is 12.5. The molecule has 2 aromatic rings. The average molecular weight is 327 g/mol. The van der Waals surface area contributed by atoms with E-state index in [1.165, 1.54) is 5.56 Å². The van der Waals surface area contributed by atoms with E-state index in [1.807, 2.05) is 25.1 Å². The molecule has 23 heavy (non-hydrogen) atoms. The van der Waals surface area contributed by atoms with Crippen molar-refractivity contribution in [1.82, 2.24) is 10.3 Å². The second-order valence-corrected chi connectivity index (χ2v) is 7.03. The molecule has 0 aliphatic carbocycles. The molecule has 3 nitrogen and oxygen atoms in total. The van der Waals surface area contributed by atoms with Crippen molar-refractivity contribution >= 4 is 23.1 Å². The van der Waals surface area contributed by atoms with Crippen LogP contribution in [0.4, 0.5) is 5.82 Å². The summed E-state index contributed by atoms with van der Waals surface area (Å²) in [6, 6.07) is 16.7. The third-order valence-electron chi connectivity index (χ3n) is 3.88. The summed E-state index contributed by atoms with van der Waals surface area (Å²) in [6.45, 7) is 8.65. The van der Waals surface area contributed by atoms with Crippen molar-refractivity contribution in [2.45, 2.75) is 45.6 Å². The van der Waals surface area contributed by atoms with Crippen LogP contribution in [0.5, 0.6) is 0 Å². The van der Waals surface area contributed by atoms with Crippen molar-refractivity contribution in [3.05, 3.63) is 59.8 Å². The minimum Gasteiger partial charge on any atom is -0.360 e. The first-order valence-electron chi connectivity index (χ1n) is 7.93. The van der Waals surface area contributed by atoms with Gasteiger partial charge in [-0.15, -0.1) is 0 Å². The van der Waals surface area contributed by atoms with Crippen LogP contribution in [0.1, 0.15) is 38.4 Å². The third kappa shape index (κ3) is 5.32. The zero-order valence-electron chi connectivity index (χ0n) is 14.3. The van der Waals surface area contributed by atoms with E-state index in [0.717, 1.165) is 17.9 Å². The fourth-order valence-electron chi connectivity index (χ4n) is 2.81. The molecule has 0 bridgehead atoms. The Balaban J connectivity index is 1.91. The first-order valence-corrected chi connectivity index (χ1v) is 8.34. The minimum absolute atomic E-state index is 0.0882. The van der Waals surface area contributed by atoms with Gasteiger partial charge in [-0.25, -0.2) is 4.98 Å². The average Bonchev–Trinajstić information content (AvgIpc) is 2.47. The van der Waals surface area contributed by atoms with Crippen molar-refractivity contribution < 1.29 is 0 Å². The number of rotatable bonds is 5. The molecule has 1 atom stereocenters. The summed E-state index contributed by atoms with van der Waals surface area (Å²) in [4.78, 5) is 4.40. The number of nitrogens with zero attached hydrogens (tertiary/aromatic N) is 1. The van der Waals surface area contributed by atoms with Crippen LogP contribution in [-0.2, 0) is 5.41 Å². The summed E-state index contributed by atoms with van der Waals surface area (Å²) >= 11 is 5.40. The molecule has 0 aliphatic heterocycles. The van der Waals surface area contributed by atoms with Crippen LogP contribution >= 0.6 is 12.2 Å². The molecule has 1 aromatic carbocycles. The van der Waals surface area contributed by atoms with Crippen LogP contribution in [0, 0.1) is 6.92 Å². The molecule has 2 rings (SSSR count). The van der Waals surface area contributed by atoms with E-state index in [2.05, 4.69) is 66.7 Å². The lowest BCUT2D eigenvalue weighted by Gasteiger charge is -2.29. The number of pyridine rings is 1. The number of anilines is 1. The highest BCUT2D eigenvalue weighted by Gasteiger charge is 2.23. The van der Waals surface area contributed by atoms with Crippen LogP contribution in [0.15, 0.2) is 48.5 Å². The number of benzene rings is 1. The van der Waals surface area contributed by atoms with Gasteiger partial charge in [0.15, 0.2) is 5.11 Å². The summed E-state index contributed by atoms with van der Waals surface area (Å²) in [5.74, 6) is 0.775. The Morgan fingerprint density at radius 2 is 1.83 bits per heavy atom. The lowest BCUT2D eigenvalue weighted by atomic mass is 9.79. The van der Waals surface area contributed by atoms with Crippen molar-refractivity contribution in [3.8, 4) is 0 Å². The van der Waals surface area contributed by atoms with Gasteiger partial charge in [0.2, 0.25) is 0 Å². The van der Waals surface area contributed by atoms with Gasteiger partial charge in [0, 0.05) is 11.7 Å². The van der Waals surface area contributed by atoms with Crippen molar-refractivity contribution in [2.75, 3.05) is 5.32 Å². The van der Waals surface area contributed by atoms with Gasteiger partial charge >= 0.3 is 0 Å². The summed E-state index contributed by atoms with van der Waals surface area (Å²) in [6.07, 6.45) is 0.986. The van der Waals surface area contributed by atoms with Crippen LogP contribution < -0.4 is 10.6 Å². The van der Waals surface area contributed by atoms with E-state index in [-0.39, 0.29) is 11.5 Å². The lowest BCUT2D eigenvalue weighted by molar-refractivity contribution is 0.420. The zero-order chi connectivity index (χ0) is 16.9. The Kier molecular flexibility index (Phi) is 5.72. The second kappa shape index (κ2) is 7.55. The highest BCUT2D eigenvalue weighted by Crippen LogP contribution is 2.28. The molecule has 122 valence electrons. The summed E-state index contributed by atoms with van der Waals surface area (Å²) in [5, 5.41) is 7.11. The molecule has 2 N–H and O–H groups in total. The van der Waals surface area contributed by atoms with Gasteiger partial charge in [-0.05, 0) is 55.6 Å². The molecule has 0 fully saturated rings. The molecule has 1 aromatic heterocycles. The van der Waals surface area contributed by atoms with Gasteiger partial charge in [-0.2, -0.15) is 0 Å². The quantitative estimate of drug-likeness (QED) is 0.797. The maximum Gasteiger partial charge on any atom is 0.172 e. The van der Waals surface area contributed by atoms with Gasteiger partial charge in [0.1, 0.15) is 5.82 Å². The fourth-order valence-corrected chi connectivity index (χ4v) is 3.12. The van der Waals surface area contributed by atoms with Crippen molar-refractivity contribution in [3.63, 3.8) is 0 Å². The smallest absolute Gasteiger partial charge is 0.172 e. The molecular formula is C19H25N3S. The molecule has 0 radical (unpaired) electrons. The van der Waals surface area contributed by atoms with Crippen LogP contribution in [0.3, 0.4) is 0 Å². The minimum atomic E-state index is 0.0882. The largest absolute Gasteiger partial charge is 0.360 e. The SMILES string of the molecule is Cc1cccc(NC(=S)N[C@@H](C)CC(C)(C)c2ccccc2)n1. The topological polar surface area (TPSA) is 37.0 Å². The Hall–Kier alpha value is -1.94. The maximum absolute atomic E-state index is 5.40. The molecule has 0 spiro atoms. The second-order valence-electron chi connectivity index (χ2n) is 6.62. The van der Waals surface area contributed by atoms with Crippen LogP contribution in [0.25, 0.3) is 0 Å². The van der Waals surface area contributed by atoms with Gasteiger partial charge in [0.05, 0.1) is 0 Å². The van der Waals surface area contributed by atoms with Crippen LogP contribution in [0.2, 0.25) is 0 Å². The first kappa shape index (κ1) is 17.4. The van der Waals surface area contributed by atoms with E-state index < -0.39 is 0 Å². The van der Waals surface area contributed by atoms with Gasteiger partial charge in [0.25, 0.3) is 0 Å². The number of hydrogen-bond donors (Lipinski definition) is 2. The molecular weight excluding hydrogens is 302 g/mol. The lowest BCUT2D eigenvalue weighted by Crippen LogP contribution is -2.39. The molecule has 4 heteroatoms. The number of thiocarbonyl (C=S) groups is 1. The number of nitrogens with one attached hydrogen (secondary N) is 2. The molecule has 0 saturated carbocycles. The van der Waals surface area contributed by atoms with Crippen molar-refractivity contribution in [1.29, 1.82) is 0 Å². The fraction of sp³-hybridized carbons (Fsp3) is 0.368. The summed E-state index contributed by atoms with van der Waals surface area (Å²) in [7, 11) is 0. The molecule has 0 saturated heterocycles. The van der Waals surface area contributed by atoms with E-state index >= 15 is 0 Å². The predicted octanol–water partition coefficient (Wildman–Crippen LogP) is 4.43. The van der Waals surface area contributed by atoms with E-state index in [4.69, 9.17) is 12.2 Å². The molecule has 0 aliphatic rings. The number of aryl methyl sites for hydroxylation is 1. The molecule has 0 amide bonds. The Morgan fingerprint density at radius 1 is 1.13 bits per heavy atom. The highest BCUT2D eigenvalue weighted by molar-refractivity contribution is 7.80. The Morgan fingerprint density at radius 3 is 2.48 bits per heavy atom. The molecule has 0 unspecified atom stereocenters. The number of hydrogen-bond acceptors (Lipinski definition) is 2. The highest BCUT2D eigenvalue weighted by atomic mass is 32.1. The van der Waals surface area contributed by atoms with Crippen molar-refractivity contribution in [2.24, 2.45) is 0 Å². The summed E-state index contributed by atoms with van der Waals surface area (Å²) in [5.41, 5.74) is 2.40. The predicted molar refractivity (Wildman–Crippen MR) is 102 cm³/mol. The van der Waals surface area contributed by atoms with E-state index in [0.29, 0.717) is 5.11 Å². The van der Waals surface area contributed by atoms with Gasteiger partial charge < -0.3 is 10.6 Å². The first-order chi connectivity index (χ1) is 10.9. The zero-order valence-corrected chi connectivity index (χ0v) is 15.1. The summed E-state index contributed by atoms with van der Waals surface area (Å²) < 4.78 is 0. The van der Waals surface area contributed by atoms with Gasteiger partial charge in [-0.1, -0.05) is 50.2 Å². The van der Waals surface area contributed by atoms with E-state index in [9.17, 15) is 0 Å². The third-order valence-corrected chi connectivity index (χ3v) is 4.10. The van der Waals surface area contributed by atoms with Crippen LogP contribution in [-0.4, -0.2) is 16.1 Å². The Labute approximate surface area is 144 Å². The Bertz CT molecular complexity index is 653. The van der Waals surface area contributed by atoms with Gasteiger partial charge in [-0.3, -0.25) is 0 Å². The maximum atomic E-state index is 5.40. The number of aromatic nitrogens is 1. The monoisotopic (exact) mass is 327 g/mol. The molecule has 1 heterocycles. The van der Waals surface area contributed by atoms with E-state index in [1.54, 1.807) is 0 Å².